The predicted molar refractivity (Wildman–Crippen MR) is 111 cm³/mol. The van der Waals surface area contributed by atoms with Crippen LogP contribution in [0.2, 0.25) is 0 Å². The van der Waals surface area contributed by atoms with Crippen molar-refractivity contribution in [1.82, 2.24) is 4.31 Å². The quantitative estimate of drug-likeness (QED) is 0.533. The monoisotopic (exact) mass is 420 g/mol. The maximum atomic E-state index is 13.1. The van der Waals surface area contributed by atoms with Crippen molar-refractivity contribution >= 4 is 27.1 Å². The van der Waals surface area contributed by atoms with Crippen molar-refractivity contribution in [2.75, 3.05) is 18.5 Å². The number of nitrogens with zero attached hydrogens (tertiary/aromatic N) is 3. The van der Waals surface area contributed by atoms with Crippen LogP contribution in [0.3, 0.4) is 0 Å². The first-order chi connectivity index (χ1) is 13.8. The fourth-order valence-electron chi connectivity index (χ4n) is 5.61. The van der Waals surface area contributed by atoms with Crippen molar-refractivity contribution in [3.63, 3.8) is 0 Å². The second-order valence-electron chi connectivity index (χ2n) is 8.48. The van der Waals surface area contributed by atoms with Gasteiger partial charge in [-0.1, -0.05) is 13.8 Å². The third-order valence-corrected chi connectivity index (χ3v) is 8.87. The third kappa shape index (κ3) is 3.66. The van der Waals surface area contributed by atoms with E-state index in [1.54, 1.807) is 13.8 Å². The van der Waals surface area contributed by atoms with Crippen LogP contribution in [0.25, 0.3) is 0 Å². The SMILES string of the molecule is CCN(CC)S(=O)(=O)c1cc([N+](=O)[O-])ccc1NN=C1C2CC3CC(C2)CC1C3. The summed E-state index contributed by atoms with van der Waals surface area (Å²) >= 11 is 0. The number of nitro benzene ring substituents is 1. The van der Waals surface area contributed by atoms with Gasteiger partial charge in [-0.2, -0.15) is 9.41 Å². The number of rotatable bonds is 7. The number of hydrogen-bond acceptors (Lipinski definition) is 6. The van der Waals surface area contributed by atoms with E-state index in [1.165, 1.54) is 48.5 Å². The second-order valence-corrected chi connectivity index (χ2v) is 10.4. The number of sulfonamides is 1. The highest BCUT2D eigenvalue weighted by Gasteiger charge is 2.46. The maximum absolute atomic E-state index is 13.1. The van der Waals surface area contributed by atoms with Gasteiger partial charge in [-0.05, 0) is 61.8 Å². The van der Waals surface area contributed by atoms with E-state index in [2.05, 4.69) is 10.5 Å². The van der Waals surface area contributed by atoms with Crippen molar-refractivity contribution in [3.05, 3.63) is 28.3 Å². The molecule has 0 radical (unpaired) electrons. The molecule has 0 aromatic heterocycles. The summed E-state index contributed by atoms with van der Waals surface area (Å²) in [5, 5.41) is 15.9. The molecular weight excluding hydrogens is 392 g/mol. The molecule has 29 heavy (non-hydrogen) atoms. The predicted octanol–water partition coefficient (Wildman–Crippen LogP) is 3.85. The molecule has 1 aromatic carbocycles. The zero-order valence-corrected chi connectivity index (χ0v) is 17.7. The molecule has 1 aromatic rings. The molecule has 8 nitrogen and oxygen atoms in total. The first-order valence-corrected chi connectivity index (χ1v) is 11.9. The lowest BCUT2D eigenvalue weighted by Crippen LogP contribution is -2.45. The summed E-state index contributed by atoms with van der Waals surface area (Å²) < 4.78 is 27.5. The van der Waals surface area contributed by atoms with Crippen molar-refractivity contribution in [3.8, 4) is 0 Å². The van der Waals surface area contributed by atoms with Gasteiger partial charge in [0.1, 0.15) is 4.90 Å². The van der Waals surface area contributed by atoms with Gasteiger partial charge in [-0.15, -0.1) is 0 Å². The lowest BCUT2D eigenvalue weighted by Gasteiger charge is -2.50. The smallest absolute Gasteiger partial charge is 0.270 e. The summed E-state index contributed by atoms with van der Waals surface area (Å²) in [6.45, 7) is 4.09. The molecule has 0 saturated heterocycles. The highest BCUT2D eigenvalue weighted by Crippen LogP contribution is 2.52. The molecule has 158 valence electrons. The Morgan fingerprint density at radius 2 is 1.69 bits per heavy atom. The van der Waals surface area contributed by atoms with Crippen molar-refractivity contribution in [2.45, 2.75) is 50.8 Å². The molecule has 9 heteroatoms. The number of hydrogen-bond donors (Lipinski definition) is 1. The highest BCUT2D eigenvalue weighted by atomic mass is 32.2. The fraction of sp³-hybridized carbons (Fsp3) is 0.650. The van der Waals surface area contributed by atoms with Crippen molar-refractivity contribution in [2.24, 2.45) is 28.8 Å². The summed E-state index contributed by atoms with van der Waals surface area (Å²) in [6, 6.07) is 3.91. The van der Waals surface area contributed by atoms with Gasteiger partial charge in [0.25, 0.3) is 5.69 Å². The largest absolute Gasteiger partial charge is 0.277 e. The number of nitrogens with one attached hydrogen (secondary N) is 1. The molecule has 4 fully saturated rings. The van der Waals surface area contributed by atoms with Gasteiger partial charge in [-0.25, -0.2) is 8.42 Å². The molecule has 0 heterocycles. The summed E-state index contributed by atoms with van der Waals surface area (Å²) in [4.78, 5) is 10.6. The lowest BCUT2D eigenvalue weighted by atomic mass is 9.55. The average molecular weight is 421 g/mol. The van der Waals surface area contributed by atoms with E-state index < -0.39 is 14.9 Å². The average Bonchev–Trinajstić information content (AvgIpc) is 2.67. The molecule has 0 spiro atoms. The minimum absolute atomic E-state index is 0.0939. The zero-order chi connectivity index (χ0) is 20.8. The lowest BCUT2D eigenvalue weighted by molar-refractivity contribution is -0.385. The van der Waals surface area contributed by atoms with E-state index >= 15 is 0 Å². The first-order valence-electron chi connectivity index (χ1n) is 10.5. The fourth-order valence-corrected chi connectivity index (χ4v) is 7.23. The highest BCUT2D eigenvalue weighted by molar-refractivity contribution is 7.89. The molecule has 1 N–H and O–H groups in total. The van der Waals surface area contributed by atoms with E-state index in [0.29, 0.717) is 30.6 Å². The molecule has 5 rings (SSSR count). The van der Waals surface area contributed by atoms with E-state index in [0.717, 1.165) is 23.6 Å². The maximum Gasteiger partial charge on any atom is 0.270 e. The number of hydrazone groups is 1. The topological polar surface area (TPSA) is 105 Å². The van der Waals surface area contributed by atoms with Crippen LogP contribution in [0, 0.1) is 33.8 Å². The molecule has 0 unspecified atom stereocenters. The standard InChI is InChI=1S/C20H28N4O4S/c1-3-23(4-2)29(27,28)19-12-17(24(25)26)5-6-18(19)21-22-20-15-8-13-7-14(10-15)11-16(20)9-13/h5-6,12-16,21H,3-4,7-11H2,1-2H3. The van der Waals surface area contributed by atoms with E-state index in [-0.39, 0.29) is 10.6 Å². The molecule has 0 amide bonds. The normalized spacial score (nSPS) is 28.0. The van der Waals surface area contributed by atoms with Gasteiger partial charge >= 0.3 is 0 Å². The number of non-ortho nitro benzene ring substituents is 1. The Labute approximate surface area is 171 Å². The molecule has 4 aliphatic rings. The molecular formula is C20H28N4O4S. The summed E-state index contributed by atoms with van der Waals surface area (Å²) in [5.41, 5.74) is 4.18. The first kappa shape index (κ1) is 20.3. The van der Waals surface area contributed by atoms with Crippen molar-refractivity contribution < 1.29 is 13.3 Å². The Kier molecular flexibility index (Phi) is 5.37. The Balaban J connectivity index is 1.68. The minimum atomic E-state index is -3.86. The molecule has 0 atom stereocenters. The number of anilines is 1. The number of nitro groups is 1. The van der Waals surface area contributed by atoms with Crippen LogP contribution in [-0.2, 0) is 10.0 Å². The van der Waals surface area contributed by atoms with Crippen LogP contribution >= 0.6 is 0 Å². The van der Waals surface area contributed by atoms with Gasteiger partial charge in [0.15, 0.2) is 0 Å². The summed E-state index contributed by atoms with van der Waals surface area (Å²) in [5.74, 6) is 2.60. The molecule has 4 aliphatic carbocycles. The minimum Gasteiger partial charge on any atom is -0.277 e. The van der Waals surface area contributed by atoms with Crippen LogP contribution in [0.15, 0.2) is 28.2 Å². The Hall–Kier alpha value is -2.00. The number of benzene rings is 1. The van der Waals surface area contributed by atoms with Gasteiger partial charge < -0.3 is 0 Å². The van der Waals surface area contributed by atoms with Crippen LogP contribution in [0.5, 0.6) is 0 Å². The van der Waals surface area contributed by atoms with Gasteiger partial charge in [0, 0.05) is 30.9 Å². The van der Waals surface area contributed by atoms with E-state index in [9.17, 15) is 18.5 Å². The van der Waals surface area contributed by atoms with E-state index in [1.807, 2.05) is 0 Å². The molecule has 4 saturated carbocycles. The zero-order valence-electron chi connectivity index (χ0n) is 16.9. The summed E-state index contributed by atoms with van der Waals surface area (Å²) in [7, 11) is -3.86. The van der Waals surface area contributed by atoms with Gasteiger partial charge in [-0.3, -0.25) is 15.5 Å². The molecule has 0 aliphatic heterocycles. The van der Waals surface area contributed by atoms with Crippen LogP contribution in [-0.4, -0.2) is 36.4 Å². The van der Waals surface area contributed by atoms with Gasteiger partial charge in [0.2, 0.25) is 10.0 Å². The Bertz CT molecular complexity index is 910. The van der Waals surface area contributed by atoms with Crippen LogP contribution < -0.4 is 5.43 Å². The van der Waals surface area contributed by atoms with Crippen LogP contribution in [0.1, 0.15) is 46.0 Å². The van der Waals surface area contributed by atoms with E-state index in [4.69, 9.17) is 0 Å². The summed E-state index contributed by atoms with van der Waals surface area (Å²) in [6.07, 6.45) is 6.07. The third-order valence-electron chi connectivity index (χ3n) is 6.78. The van der Waals surface area contributed by atoms with Crippen molar-refractivity contribution in [1.29, 1.82) is 0 Å². The Morgan fingerprint density at radius 3 is 2.21 bits per heavy atom. The van der Waals surface area contributed by atoms with Crippen LogP contribution in [0.4, 0.5) is 11.4 Å². The van der Waals surface area contributed by atoms with Gasteiger partial charge in [0.05, 0.1) is 10.6 Å². The molecule has 4 bridgehead atoms. The second kappa shape index (κ2) is 7.68. The Morgan fingerprint density at radius 1 is 1.10 bits per heavy atom.